The van der Waals surface area contributed by atoms with E-state index in [1.807, 2.05) is 44.2 Å². The number of hydrogen-bond acceptors (Lipinski definition) is 4. The van der Waals surface area contributed by atoms with Crippen molar-refractivity contribution < 1.29 is 4.92 Å². The maximum Gasteiger partial charge on any atom is 0.297 e. The summed E-state index contributed by atoms with van der Waals surface area (Å²) in [5.74, 6) is 0. The molecular weight excluding hydrogens is 266 g/mol. The molecule has 0 aliphatic carbocycles. The number of nitro benzene ring substituents is 1. The monoisotopic (exact) mass is 283 g/mol. The highest BCUT2D eigenvalue weighted by Gasteiger charge is 2.16. The van der Waals surface area contributed by atoms with Crippen LogP contribution in [0.15, 0.2) is 52.7 Å². The summed E-state index contributed by atoms with van der Waals surface area (Å²) in [4.78, 5) is 10.7. The van der Waals surface area contributed by atoms with Crippen molar-refractivity contribution in [1.82, 2.24) is 0 Å². The Balaban J connectivity index is 2.47. The fourth-order valence-corrected chi connectivity index (χ4v) is 2.14. The summed E-state index contributed by atoms with van der Waals surface area (Å²) in [6, 6.07) is 12.6. The van der Waals surface area contributed by atoms with Crippen LogP contribution in [-0.2, 0) is 12.8 Å². The summed E-state index contributed by atoms with van der Waals surface area (Å²) < 4.78 is 0. The number of nitro groups is 1. The molecule has 0 atom stereocenters. The molecule has 2 aromatic carbocycles. The van der Waals surface area contributed by atoms with Crippen molar-refractivity contribution in [2.75, 3.05) is 0 Å². The van der Waals surface area contributed by atoms with Gasteiger partial charge in [0.25, 0.3) is 5.69 Å². The molecule has 0 aliphatic heterocycles. The smallest absolute Gasteiger partial charge is 0.258 e. The molecule has 0 aromatic heterocycles. The Bertz CT molecular complexity index is 681. The molecule has 108 valence electrons. The van der Waals surface area contributed by atoms with Crippen LogP contribution in [0.25, 0.3) is 0 Å². The number of nitrogens with zero attached hydrogens (tertiary/aromatic N) is 3. The summed E-state index contributed by atoms with van der Waals surface area (Å²) in [6.45, 7) is 3.98. The van der Waals surface area contributed by atoms with E-state index >= 15 is 0 Å². The highest BCUT2D eigenvalue weighted by molar-refractivity contribution is 5.62. The lowest BCUT2D eigenvalue weighted by molar-refractivity contribution is -0.384. The Hall–Kier alpha value is -2.56. The third kappa shape index (κ3) is 3.31. The van der Waals surface area contributed by atoms with Crippen molar-refractivity contribution in [3.8, 4) is 0 Å². The number of rotatable bonds is 5. The summed E-state index contributed by atoms with van der Waals surface area (Å²) >= 11 is 0. The van der Waals surface area contributed by atoms with Gasteiger partial charge in [-0.3, -0.25) is 10.1 Å². The predicted octanol–water partition coefficient (Wildman–Crippen LogP) is 5.14. The average Bonchev–Trinajstić information content (AvgIpc) is 2.52. The Labute approximate surface area is 123 Å². The van der Waals surface area contributed by atoms with Crippen molar-refractivity contribution in [1.29, 1.82) is 0 Å². The fourth-order valence-electron chi connectivity index (χ4n) is 2.14. The molecule has 0 amide bonds. The van der Waals surface area contributed by atoms with E-state index in [4.69, 9.17) is 0 Å². The molecule has 0 fully saturated rings. The fraction of sp³-hybridized carbons (Fsp3) is 0.250. The summed E-state index contributed by atoms with van der Waals surface area (Å²) in [7, 11) is 0. The predicted molar refractivity (Wildman–Crippen MR) is 82.5 cm³/mol. The molecule has 0 saturated heterocycles. The van der Waals surface area contributed by atoms with Crippen LogP contribution in [0.2, 0.25) is 0 Å². The second-order valence-corrected chi connectivity index (χ2v) is 4.58. The van der Waals surface area contributed by atoms with E-state index in [0.29, 0.717) is 12.1 Å². The van der Waals surface area contributed by atoms with Crippen LogP contribution in [0.3, 0.4) is 0 Å². The normalized spacial score (nSPS) is 11.0. The minimum atomic E-state index is -0.417. The van der Waals surface area contributed by atoms with E-state index in [1.54, 1.807) is 6.07 Å². The van der Waals surface area contributed by atoms with E-state index in [0.717, 1.165) is 23.2 Å². The first-order valence-electron chi connectivity index (χ1n) is 6.93. The third-order valence-electron chi connectivity index (χ3n) is 3.31. The van der Waals surface area contributed by atoms with Crippen molar-refractivity contribution in [3.63, 3.8) is 0 Å². The van der Waals surface area contributed by atoms with E-state index in [2.05, 4.69) is 10.2 Å². The second-order valence-electron chi connectivity index (χ2n) is 4.58. The maximum absolute atomic E-state index is 11.1. The molecule has 21 heavy (non-hydrogen) atoms. The third-order valence-corrected chi connectivity index (χ3v) is 3.31. The van der Waals surface area contributed by atoms with Crippen molar-refractivity contribution in [3.05, 3.63) is 63.7 Å². The molecule has 0 aliphatic rings. The van der Waals surface area contributed by atoms with Crippen LogP contribution in [0, 0.1) is 10.1 Å². The molecule has 0 heterocycles. The van der Waals surface area contributed by atoms with Crippen LogP contribution in [0.4, 0.5) is 17.1 Å². The first kappa shape index (κ1) is 14.8. The number of hydrogen-bond donors (Lipinski definition) is 0. The largest absolute Gasteiger partial charge is 0.297 e. The highest BCUT2D eigenvalue weighted by atomic mass is 16.6. The van der Waals surface area contributed by atoms with Gasteiger partial charge in [0.05, 0.1) is 10.6 Å². The molecular formula is C16H17N3O2. The van der Waals surface area contributed by atoms with Gasteiger partial charge in [-0.25, -0.2) is 0 Å². The molecule has 0 radical (unpaired) electrons. The van der Waals surface area contributed by atoms with Gasteiger partial charge in [0.15, 0.2) is 5.69 Å². The van der Waals surface area contributed by atoms with Gasteiger partial charge in [-0.05, 0) is 30.0 Å². The number of aryl methyl sites for hydroxylation is 2. The molecule has 5 nitrogen and oxygen atoms in total. The lowest BCUT2D eigenvalue weighted by Gasteiger charge is -2.04. The quantitative estimate of drug-likeness (QED) is 0.433. The zero-order valence-corrected chi connectivity index (χ0v) is 12.1. The van der Waals surface area contributed by atoms with E-state index in [-0.39, 0.29) is 5.69 Å². The maximum atomic E-state index is 11.1. The molecule has 0 bridgehead atoms. The lowest BCUT2D eigenvalue weighted by atomic mass is 10.1. The van der Waals surface area contributed by atoms with Crippen LogP contribution in [0.1, 0.15) is 25.0 Å². The van der Waals surface area contributed by atoms with E-state index in [9.17, 15) is 10.1 Å². The summed E-state index contributed by atoms with van der Waals surface area (Å²) in [5, 5.41) is 19.5. The van der Waals surface area contributed by atoms with E-state index in [1.165, 1.54) is 6.07 Å². The first-order valence-corrected chi connectivity index (χ1v) is 6.93. The minimum absolute atomic E-state index is 0.00733. The van der Waals surface area contributed by atoms with Crippen molar-refractivity contribution in [2.24, 2.45) is 10.2 Å². The summed E-state index contributed by atoms with van der Waals surface area (Å²) in [5.41, 5.74) is 2.98. The van der Waals surface area contributed by atoms with Gasteiger partial charge in [-0.15, -0.1) is 5.11 Å². The SMILES string of the molecule is CCc1ccccc1N=Nc1c(CC)cccc1[N+](=O)[O-]. The Morgan fingerprint density at radius 3 is 2.29 bits per heavy atom. The molecule has 0 unspecified atom stereocenters. The van der Waals surface area contributed by atoms with Gasteiger partial charge in [0, 0.05) is 6.07 Å². The molecule has 0 N–H and O–H groups in total. The topological polar surface area (TPSA) is 67.9 Å². The number of azo groups is 1. The van der Waals surface area contributed by atoms with Gasteiger partial charge in [-0.2, -0.15) is 5.11 Å². The lowest BCUT2D eigenvalue weighted by Crippen LogP contribution is -1.91. The average molecular weight is 283 g/mol. The van der Waals surface area contributed by atoms with E-state index < -0.39 is 4.92 Å². The molecule has 2 aromatic rings. The van der Waals surface area contributed by atoms with Gasteiger partial charge in [-0.1, -0.05) is 44.2 Å². The minimum Gasteiger partial charge on any atom is -0.258 e. The summed E-state index contributed by atoms with van der Waals surface area (Å²) in [6.07, 6.45) is 1.51. The van der Waals surface area contributed by atoms with Crippen LogP contribution in [0.5, 0.6) is 0 Å². The Kier molecular flexibility index (Phi) is 4.77. The molecule has 0 saturated carbocycles. The van der Waals surface area contributed by atoms with Gasteiger partial charge >= 0.3 is 0 Å². The molecule has 0 spiro atoms. The Morgan fingerprint density at radius 1 is 0.952 bits per heavy atom. The van der Waals surface area contributed by atoms with Crippen LogP contribution >= 0.6 is 0 Å². The molecule has 2 rings (SSSR count). The zero-order valence-electron chi connectivity index (χ0n) is 12.1. The number of benzene rings is 2. The Morgan fingerprint density at radius 2 is 1.62 bits per heavy atom. The van der Waals surface area contributed by atoms with Crippen molar-refractivity contribution >= 4 is 17.1 Å². The zero-order chi connectivity index (χ0) is 15.2. The standard InChI is InChI=1S/C16H17N3O2/c1-3-12-8-5-6-10-14(12)17-18-16-13(4-2)9-7-11-15(16)19(20)21/h5-11H,3-4H2,1-2H3. The second kappa shape index (κ2) is 6.74. The first-order chi connectivity index (χ1) is 10.2. The van der Waals surface area contributed by atoms with Gasteiger partial charge in [0.1, 0.15) is 0 Å². The molecule has 5 heteroatoms. The van der Waals surface area contributed by atoms with Crippen LogP contribution in [-0.4, -0.2) is 4.92 Å². The van der Waals surface area contributed by atoms with Gasteiger partial charge < -0.3 is 0 Å². The van der Waals surface area contributed by atoms with Crippen molar-refractivity contribution in [2.45, 2.75) is 26.7 Å². The van der Waals surface area contributed by atoms with Crippen LogP contribution < -0.4 is 0 Å². The van der Waals surface area contributed by atoms with Gasteiger partial charge in [0.2, 0.25) is 0 Å². The highest BCUT2D eigenvalue weighted by Crippen LogP contribution is 2.33.